The SMILES string of the molecule is CC(CO)N(C)S(=O)(=O)CC1CCCCC1. The highest BCUT2D eigenvalue weighted by Gasteiger charge is 2.27. The van der Waals surface area contributed by atoms with Gasteiger partial charge in [-0.3, -0.25) is 0 Å². The number of hydrogen-bond donors (Lipinski definition) is 1. The smallest absolute Gasteiger partial charge is 0.214 e. The van der Waals surface area contributed by atoms with Gasteiger partial charge in [0.05, 0.1) is 12.4 Å². The fraction of sp³-hybridized carbons (Fsp3) is 1.00. The van der Waals surface area contributed by atoms with Crippen LogP contribution < -0.4 is 0 Å². The van der Waals surface area contributed by atoms with E-state index in [0.29, 0.717) is 5.92 Å². The average molecular weight is 249 g/mol. The Hall–Kier alpha value is -0.130. The summed E-state index contributed by atoms with van der Waals surface area (Å²) in [5, 5.41) is 8.97. The summed E-state index contributed by atoms with van der Waals surface area (Å²) in [7, 11) is -1.64. The highest BCUT2D eigenvalue weighted by Crippen LogP contribution is 2.25. The van der Waals surface area contributed by atoms with Crippen molar-refractivity contribution in [2.45, 2.75) is 45.1 Å². The van der Waals surface area contributed by atoms with E-state index in [1.165, 1.54) is 10.7 Å². The van der Waals surface area contributed by atoms with Crippen LogP contribution in [0.4, 0.5) is 0 Å². The largest absolute Gasteiger partial charge is 0.395 e. The predicted molar refractivity (Wildman–Crippen MR) is 64.7 cm³/mol. The van der Waals surface area contributed by atoms with Crippen molar-refractivity contribution in [1.29, 1.82) is 0 Å². The number of likely N-dealkylation sites (N-methyl/N-ethyl adjacent to an activating group) is 1. The minimum atomic E-state index is -3.20. The van der Waals surface area contributed by atoms with Crippen LogP contribution in [0.1, 0.15) is 39.0 Å². The molecule has 1 rings (SSSR count). The van der Waals surface area contributed by atoms with Crippen molar-refractivity contribution in [3.8, 4) is 0 Å². The molecule has 0 aliphatic heterocycles. The van der Waals surface area contributed by atoms with Gasteiger partial charge in [0.15, 0.2) is 0 Å². The third kappa shape index (κ3) is 3.71. The van der Waals surface area contributed by atoms with Crippen LogP contribution >= 0.6 is 0 Å². The van der Waals surface area contributed by atoms with Crippen molar-refractivity contribution in [2.24, 2.45) is 5.92 Å². The van der Waals surface area contributed by atoms with Gasteiger partial charge in [-0.05, 0) is 25.7 Å². The van der Waals surface area contributed by atoms with Crippen molar-refractivity contribution in [3.05, 3.63) is 0 Å². The quantitative estimate of drug-likeness (QED) is 0.796. The van der Waals surface area contributed by atoms with Gasteiger partial charge in [0, 0.05) is 13.1 Å². The lowest BCUT2D eigenvalue weighted by molar-refractivity contribution is 0.213. The second-order valence-corrected chi connectivity index (χ2v) is 6.90. The molecular formula is C11H23NO3S. The summed E-state index contributed by atoms with van der Waals surface area (Å²) in [5.41, 5.74) is 0. The van der Waals surface area contributed by atoms with E-state index >= 15 is 0 Å². The van der Waals surface area contributed by atoms with Gasteiger partial charge in [-0.2, -0.15) is 4.31 Å². The van der Waals surface area contributed by atoms with E-state index in [4.69, 9.17) is 5.11 Å². The van der Waals surface area contributed by atoms with Gasteiger partial charge in [0.25, 0.3) is 0 Å². The Kier molecular flexibility index (Phi) is 5.21. The van der Waals surface area contributed by atoms with Crippen molar-refractivity contribution in [1.82, 2.24) is 4.31 Å². The molecule has 0 saturated heterocycles. The Bertz CT molecular complexity index is 296. The predicted octanol–water partition coefficient (Wildman–Crippen LogP) is 1.21. The topological polar surface area (TPSA) is 57.6 Å². The van der Waals surface area contributed by atoms with Crippen LogP contribution in [0.25, 0.3) is 0 Å². The number of aliphatic hydroxyl groups excluding tert-OH is 1. The van der Waals surface area contributed by atoms with Gasteiger partial charge in [-0.1, -0.05) is 19.3 Å². The maximum atomic E-state index is 12.0. The number of aliphatic hydroxyl groups is 1. The van der Waals surface area contributed by atoms with Crippen LogP contribution in [-0.4, -0.2) is 43.3 Å². The van der Waals surface area contributed by atoms with E-state index in [9.17, 15) is 8.42 Å². The summed E-state index contributed by atoms with van der Waals surface area (Å²) in [5.74, 6) is 0.556. The number of hydrogen-bond acceptors (Lipinski definition) is 3. The van der Waals surface area contributed by atoms with Crippen LogP contribution in [0, 0.1) is 5.92 Å². The van der Waals surface area contributed by atoms with E-state index in [1.54, 1.807) is 14.0 Å². The summed E-state index contributed by atoms with van der Waals surface area (Å²) < 4.78 is 25.3. The molecule has 0 aromatic carbocycles. The highest BCUT2D eigenvalue weighted by atomic mass is 32.2. The molecule has 1 unspecified atom stereocenters. The molecule has 96 valence electrons. The van der Waals surface area contributed by atoms with Crippen LogP contribution in [0.2, 0.25) is 0 Å². The van der Waals surface area contributed by atoms with Crippen LogP contribution in [0.15, 0.2) is 0 Å². The van der Waals surface area contributed by atoms with Crippen LogP contribution in [0.5, 0.6) is 0 Å². The Labute approximate surface area is 98.7 Å². The summed E-state index contributed by atoms with van der Waals surface area (Å²) >= 11 is 0. The summed E-state index contributed by atoms with van der Waals surface area (Å²) in [6.45, 7) is 1.60. The molecule has 0 bridgehead atoms. The third-order valence-electron chi connectivity index (χ3n) is 3.49. The maximum Gasteiger partial charge on any atom is 0.214 e. The molecule has 4 nitrogen and oxygen atoms in total. The minimum Gasteiger partial charge on any atom is -0.395 e. The first-order valence-electron chi connectivity index (χ1n) is 6.04. The lowest BCUT2D eigenvalue weighted by Gasteiger charge is -2.27. The number of sulfonamides is 1. The summed E-state index contributed by atoms with van der Waals surface area (Å²) in [6.07, 6.45) is 5.60. The number of nitrogens with zero attached hydrogens (tertiary/aromatic N) is 1. The Morgan fingerprint density at radius 1 is 1.31 bits per heavy atom. The Morgan fingerprint density at radius 3 is 2.38 bits per heavy atom. The molecule has 1 aliphatic rings. The van der Waals surface area contributed by atoms with E-state index in [1.807, 2.05) is 0 Å². The van der Waals surface area contributed by atoms with Gasteiger partial charge >= 0.3 is 0 Å². The molecule has 0 amide bonds. The fourth-order valence-electron chi connectivity index (χ4n) is 2.16. The Balaban J connectivity index is 2.56. The van der Waals surface area contributed by atoms with Gasteiger partial charge in [0.1, 0.15) is 0 Å². The van der Waals surface area contributed by atoms with E-state index in [0.717, 1.165) is 25.7 Å². The molecule has 1 N–H and O–H groups in total. The van der Waals surface area contributed by atoms with E-state index < -0.39 is 10.0 Å². The van der Waals surface area contributed by atoms with Gasteiger partial charge < -0.3 is 5.11 Å². The van der Waals surface area contributed by atoms with Gasteiger partial charge in [-0.25, -0.2) is 8.42 Å². The lowest BCUT2D eigenvalue weighted by atomic mass is 9.91. The van der Waals surface area contributed by atoms with E-state index in [-0.39, 0.29) is 18.4 Å². The monoisotopic (exact) mass is 249 g/mol. The molecule has 0 heterocycles. The average Bonchev–Trinajstić information content (AvgIpc) is 2.27. The number of rotatable bonds is 5. The second kappa shape index (κ2) is 5.98. The summed E-state index contributed by atoms with van der Waals surface area (Å²) in [4.78, 5) is 0. The molecule has 0 radical (unpaired) electrons. The van der Waals surface area contributed by atoms with Gasteiger partial charge in [0.2, 0.25) is 10.0 Å². The van der Waals surface area contributed by atoms with Crippen LogP contribution in [-0.2, 0) is 10.0 Å². The van der Waals surface area contributed by atoms with Crippen molar-refractivity contribution >= 4 is 10.0 Å². The molecule has 1 saturated carbocycles. The Morgan fingerprint density at radius 2 is 1.88 bits per heavy atom. The second-order valence-electron chi connectivity index (χ2n) is 4.83. The van der Waals surface area contributed by atoms with Crippen molar-refractivity contribution in [3.63, 3.8) is 0 Å². The van der Waals surface area contributed by atoms with Crippen molar-refractivity contribution in [2.75, 3.05) is 19.4 Å². The third-order valence-corrected chi connectivity index (χ3v) is 5.62. The zero-order valence-electron chi connectivity index (χ0n) is 10.2. The molecule has 16 heavy (non-hydrogen) atoms. The molecule has 1 aliphatic carbocycles. The maximum absolute atomic E-state index is 12.0. The van der Waals surface area contributed by atoms with Crippen LogP contribution in [0.3, 0.4) is 0 Å². The normalized spacial score (nSPS) is 21.2. The zero-order valence-corrected chi connectivity index (χ0v) is 11.0. The zero-order chi connectivity index (χ0) is 12.2. The molecule has 0 aromatic rings. The molecule has 1 atom stereocenters. The highest BCUT2D eigenvalue weighted by molar-refractivity contribution is 7.89. The molecule has 0 spiro atoms. The fourth-order valence-corrected chi connectivity index (χ4v) is 3.94. The standard InChI is InChI=1S/C11H23NO3S/c1-10(8-13)12(2)16(14,15)9-11-6-4-3-5-7-11/h10-11,13H,3-9H2,1-2H3. The van der Waals surface area contributed by atoms with E-state index in [2.05, 4.69) is 0 Å². The molecule has 1 fully saturated rings. The molecular weight excluding hydrogens is 226 g/mol. The first-order chi connectivity index (χ1) is 7.47. The minimum absolute atomic E-state index is 0.125. The van der Waals surface area contributed by atoms with Crippen molar-refractivity contribution < 1.29 is 13.5 Å². The first kappa shape index (κ1) is 13.9. The van der Waals surface area contributed by atoms with Gasteiger partial charge in [-0.15, -0.1) is 0 Å². The first-order valence-corrected chi connectivity index (χ1v) is 7.65. The summed E-state index contributed by atoms with van der Waals surface area (Å²) in [6, 6.07) is -0.325. The molecule has 5 heteroatoms. The molecule has 0 aromatic heterocycles. The lowest BCUT2D eigenvalue weighted by Crippen LogP contribution is -2.40.